The van der Waals surface area contributed by atoms with Gasteiger partial charge in [0.2, 0.25) is 5.91 Å². The Morgan fingerprint density at radius 2 is 1.91 bits per heavy atom. The van der Waals surface area contributed by atoms with Crippen LogP contribution in [-0.2, 0) is 4.79 Å². The van der Waals surface area contributed by atoms with Crippen molar-refractivity contribution >= 4 is 23.3 Å². The minimum Gasteiger partial charge on any atom is -0.335 e. The number of carbonyl (C=O) groups excluding carboxylic acids is 2. The number of benzene rings is 1. The van der Waals surface area contributed by atoms with Crippen molar-refractivity contribution in [3.8, 4) is 0 Å². The van der Waals surface area contributed by atoms with Crippen LogP contribution in [0.25, 0.3) is 0 Å². The van der Waals surface area contributed by atoms with Gasteiger partial charge in [0.05, 0.1) is 0 Å². The number of carbonyl (C=O) groups is 2. The molecule has 23 heavy (non-hydrogen) atoms. The lowest BCUT2D eigenvalue weighted by Crippen LogP contribution is -2.39. The molecule has 5 nitrogen and oxygen atoms in total. The molecule has 0 aromatic heterocycles. The zero-order valence-electron chi connectivity index (χ0n) is 13.5. The van der Waals surface area contributed by atoms with Gasteiger partial charge in [-0.2, -0.15) is 0 Å². The fourth-order valence-corrected chi connectivity index (χ4v) is 3.43. The predicted octanol–water partition coefficient (Wildman–Crippen LogP) is 3.66. The first-order valence-electron chi connectivity index (χ1n) is 8.70. The Labute approximate surface area is 137 Å². The van der Waals surface area contributed by atoms with Crippen LogP contribution in [0.4, 0.5) is 16.2 Å². The highest BCUT2D eigenvalue weighted by molar-refractivity contribution is 5.95. The Balaban J connectivity index is 1.60. The van der Waals surface area contributed by atoms with Gasteiger partial charge in [-0.1, -0.05) is 25.3 Å². The SMILES string of the molecule is O=C(Nc1cccc(N2CCCCC2=O)c1)NC1CCCCC1. The van der Waals surface area contributed by atoms with Gasteiger partial charge >= 0.3 is 6.03 Å². The lowest BCUT2D eigenvalue weighted by Gasteiger charge is -2.27. The van der Waals surface area contributed by atoms with E-state index in [1.165, 1.54) is 19.3 Å². The number of anilines is 2. The van der Waals surface area contributed by atoms with Gasteiger partial charge in [-0.3, -0.25) is 4.79 Å². The summed E-state index contributed by atoms with van der Waals surface area (Å²) in [6.07, 6.45) is 8.40. The first kappa shape index (κ1) is 15.8. The van der Waals surface area contributed by atoms with Gasteiger partial charge in [0.1, 0.15) is 0 Å². The van der Waals surface area contributed by atoms with Gasteiger partial charge in [-0.25, -0.2) is 4.79 Å². The molecule has 3 amide bonds. The Hall–Kier alpha value is -2.04. The maximum Gasteiger partial charge on any atom is 0.319 e. The van der Waals surface area contributed by atoms with Crippen LogP contribution in [-0.4, -0.2) is 24.5 Å². The van der Waals surface area contributed by atoms with E-state index in [9.17, 15) is 9.59 Å². The molecule has 1 saturated carbocycles. The number of urea groups is 1. The predicted molar refractivity (Wildman–Crippen MR) is 91.7 cm³/mol. The smallest absolute Gasteiger partial charge is 0.319 e. The third-order valence-corrected chi connectivity index (χ3v) is 4.68. The van der Waals surface area contributed by atoms with Crippen LogP contribution in [0.1, 0.15) is 51.4 Å². The molecule has 5 heteroatoms. The number of nitrogens with zero attached hydrogens (tertiary/aromatic N) is 1. The summed E-state index contributed by atoms with van der Waals surface area (Å²) >= 11 is 0. The average molecular weight is 315 g/mol. The summed E-state index contributed by atoms with van der Waals surface area (Å²) in [7, 11) is 0. The number of amides is 3. The molecule has 0 atom stereocenters. The quantitative estimate of drug-likeness (QED) is 0.894. The molecule has 1 aromatic carbocycles. The zero-order valence-corrected chi connectivity index (χ0v) is 13.5. The molecule has 1 heterocycles. The molecule has 2 fully saturated rings. The van der Waals surface area contributed by atoms with Gasteiger partial charge in [0.25, 0.3) is 0 Å². The van der Waals surface area contributed by atoms with E-state index in [-0.39, 0.29) is 18.0 Å². The highest BCUT2D eigenvalue weighted by atomic mass is 16.2. The van der Waals surface area contributed by atoms with Crippen LogP contribution < -0.4 is 15.5 Å². The van der Waals surface area contributed by atoms with Crippen LogP contribution in [0.5, 0.6) is 0 Å². The first-order valence-corrected chi connectivity index (χ1v) is 8.70. The Morgan fingerprint density at radius 1 is 1.09 bits per heavy atom. The molecule has 1 aliphatic heterocycles. The topological polar surface area (TPSA) is 61.4 Å². The summed E-state index contributed by atoms with van der Waals surface area (Å²) < 4.78 is 0. The highest BCUT2D eigenvalue weighted by Gasteiger charge is 2.20. The molecule has 124 valence electrons. The molecule has 3 rings (SSSR count). The fourth-order valence-electron chi connectivity index (χ4n) is 3.43. The third-order valence-electron chi connectivity index (χ3n) is 4.68. The molecule has 0 unspecified atom stereocenters. The van der Waals surface area contributed by atoms with Crippen LogP contribution in [0.2, 0.25) is 0 Å². The van der Waals surface area contributed by atoms with E-state index in [2.05, 4.69) is 10.6 Å². The van der Waals surface area contributed by atoms with Crippen molar-refractivity contribution in [2.45, 2.75) is 57.4 Å². The average Bonchev–Trinajstić information content (AvgIpc) is 2.56. The molecule has 2 N–H and O–H groups in total. The molecule has 1 aromatic rings. The van der Waals surface area contributed by atoms with E-state index in [4.69, 9.17) is 0 Å². The van der Waals surface area contributed by atoms with E-state index < -0.39 is 0 Å². The Bertz CT molecular complexity index is 567. The van der Waals surface area contributed by atoms with Crippen molar-refractivity contribution in [3.63, 3.8) is 0 Å². The second-order valence-corrected chi connectivity index (χ2v) is 6.49. The minimum atomic E-state index is -0.154. The molecule has 1 aliphatic carbocycles. The number of nitrogens with one attached hydrogen (secondary N) is 2. The van der Waals surface area contributed by atoms with E-state index >= 15 is 0 Å². The summed E-state index contributed by atoms with van der Waals surface area (Å²) in [5.74, 6) is 0.167. The first-order chi connectivity index (χ1) is 11.2. The van der Waals surface area contributed by atoms with Crippen LogP contribution in [0, 0.1) is 0 Å². The fraction of sp³-hybridized carbons (Fsp3) is 0.556. The van der Waals surface area contributed by atoms with Crippen LogP contribution in [0.3, 0.4) is 0 Å². The molecule has 1 saturated heterocycles. The lowest BCUT2D eigenvalue weighted by atomic mass is 9.96. The summed E-state index contributed by atoms with van der Waals surface area (Å²) in [6, 6.07) is 7.68. The summed E-state index contributed by atoms with van der Waals surface area (Å²) in [5.41, 5.74) is 1.60. The van der Waals surface area contributed by atoms with Crippen molar-refractivity contribution in [2.75, 3.05) is 16.8 Å². The summed E-state index contributed by atoms with van der Waals surface area (Å²) in [5, 5.41) is 5.94. The van der Waals surface area contributed by atoms with Gasteiger partial charge in [-0.15, -0.1) is 0 Å². The van der Waals surface area contributed by atoms with Crippen molar-refractivity contribution in [1.29, 1.82) is 0 Å². The monoisotopic (exact) mass is 315 g/mol. The van der Waals surface area contributed by atoms with E-state index in [1.807, 2.05) is 29.2 Å². The van der Waals surface area contributed by atoms with Crippen molar-refractivity contribution in [1.82, 2.24) is 5.32 Å². The zero-order chi connectivity index (χ0) is 16.1. The molecule has 0 radical (unpaired) electrons. The number of piperidine rings is 1. The maximum atomic E-state index is 12.1. The second kappa shape index (κ2) is 7.49. The van der Waals surface area contributed by atoms with E-state index in [0.717, 1.165) is 43.6 Å². The standard InChI is InChI=1S/C18H25N3O2/c22-17-11-4-5-12-21(17)16-10-6-9-15(13-16)20-18(23)19-14-7-2-1-3-8-14/h6,9-10,13-14H,1-5,7-8,11-12H2,(H2,19,20,23). The second-order valence-electron chi connectivity index (χ2n) is 6.49. The lowest BCUT2D eigenvalue weighted by molar-refractivity contribution is -0.119. The molecule has 2 aliphatic rings. The maximum absolute atomic E-state index is 12.1. The van der Waals surface area contributed by atoms with Crippen molar-refractivity contribution < 1.29 is 9.59 Å². The van der Waals surface area contributed by atoms with Gasteiger partial charge in [0.15, 0.2) is 0 Å². The van der Waals surface area contributed by atoms with E-state index in [0.29, 0.717) is 6.42 Å². The number of hydrogen-bond acceptors (Lipinski definition) is 2. The summed E-state index contributed by atoms with van der Waals surface area (Å²) in [4.78, 5) is 26.0. The van der Waals surface area contributed by atoms with Crippen molar-refractivity contribution in [2.24, 2.45) is 0 Å². The number of rotatable bonds is 3. The minimum absolute atomic E-state index is 0.154. The molecular formula is C18H25N3O2. The normalized spacial score (nSPS) is 19.5. The molecular weight excluding hydrogens is 290 g/mol. The number of hydrogen-bond donors (Lipinski definition) is 2. The van der Waals surface area contributed by atoms with E-state index in [1.54, 1.807) is 0 Å². The van der Waals surface area contributed by atoms with Crippen molar-refractivity contribution in [3.05, 3.63) is 24.3 Å². The Kier molecular flexibility index (Phi) is 5.16. The summed E-state index contributed by atoms with van der Waals surface area (Å²) in [6.45, 7) is 0.760. The third kappa shape index (κ3) is 4.24. The molecule has 0 bridgehead atoms. The van der Waals surface area contributed by atoms with Gasteiger partial charge < -0.3 is 15.5 Å². The molecule has 0 spiro atoms. The van der Waals surface area contributed by atoms with Gasteiger partial charge in [0, 0.05) is 30.4 Å². The largest absolute Gasteiger partial charge is 0.335 e. The van der Waals surface area contributed by atoms with Crippen LogP contribution >= 0.6 is 0 Å². The van der Waals surface area contributed by atoms with Gasteiger partial charge in [-0.05, 0) is 43.9 Å². The highest BCUT2D eigenvalue weighted by Crippen LogP contribution is 2.24. The van der Waals surface area contributed by atoms with Crippen LogP contribution in [0.15, 0.2) is 24.3 Å². The Morgan fingerprint density at radius 3 is 2.70 bits per heavy atom.